The Morgan fingerprint density at radius 3 is 2.50 bits per heavy atom. The first kappa shape index (κ1) is 9.44. The van der Waals surface area contributed by atoms with Crippen LogP contribution in [-0.2, 0) is 9.78 Å². The van der Waals surface area contributed by atoms with Crippen LogP contribution in [0.1, 0.15) is 19.4 Å². The second-order valence-corrected chi connectivity index (χ2v) is 3.98. The minimum Gasteiger partial charge on any atom is -0.231 e. The van der Waals surface area contributed by atoms with Crippen LogP contribution in [0, 0.1) is 0 Å². The van der Waals surface area contributed by atoms with Gasteiger partial charge in [-0.3, -0.25) is 0 Å². The lowest BCUT2D eigenvalue weighted by Gasteiger charge is -2.26. The summed E-state index contributed by atoms with van der Waals surface area (Å²) >= 11 is 0. The maximum absolute atomic E-state index is 5.14. The predicted molar refractivity (Wildman–Crippen MR) is 55.5 cm³/mol. The summed E-state index contributed by atoms with van der Waals surface area (Å²) in [6.45, 7) is 4.48. The molecule has 0 bridgehead atoms. The monoisotopic (exact) mass is 190 g/mol. The van der Waals surface area contributed by atoms with E-state index in [9.17, 15) is 0 Å². The molecule has 74 valence electrons. The van der Waals surface area contributed by atoms with Gasteiger partial charge in [-0.2, -0.15) is 0 Å². The van der Waals surface area contributed by atoms with Crippen LogP contribution in [0.5, 0.6) is 0 Å². The van der Waals surface area contributed by atoms with Gasteiger partial charge < -0.3 is 0 Å². The van der Waals surface area contributed by atoms with Gasteiger partial charge in [-0.25, -0.2) is 9.78 Å². The van der Waals surface area contributed by atoms with E-state index in [1.54, 1.807) is 0 Å². The maximum Gasteiger partial charge on any atom is 0.117 e. The van der Waals surface area contributed by atoms with Crippen molar-refractivity contribution in [3.8, 4) is 0 Å². The lowest BCUT2D eigenvalue weighted by molar-refractivity contribution is -0.337. The average molecular weight is 190 g/mol. The smallest absolute Gasteiger partial charge is 0.117 e. The summed E-state index contributed by atoms with van der Waals surface area (Å²) in [6.07, 6.45) is 2.10. The first-order chi connectivity index (χ1) is 6.67. The first-order valence-electron chi connectivity index (χ1n) is 4.75. The van der Waals surface area contributed by atoms with Crippen LogP contribution >= 0.6 is 0 Å². The molecule has 1 aromatic rings. The molecule has 0 saturated carbocycles. The molecule has 1 heterocycles. The molecule has 0 saturated heterocycles. The van der Waals surface area contributed by atoms with Crippen LogP contribution in [0.3, 0.4) is 0 Å². The van der Waals surface area contributed by atoms with Crippen LogP contribution in [-0.4, -0.2) is 12.2 Å². The Bertz CT molecular complexity index is 339. The molecule has 0 spiro atoms. The normalized spacial score (nSPS) is 20.3. The summed E-state index contributed by atoms with van der Waals surface area (Å²) in [5.41, 5.74) is 2.05. The zero-order chi connectivity index (χ0) is 10.0. The molecule has 0 N–H and O–H groups in total. The van der Waals surface area contributed by atoms with Crippen molar-refractivity contribution in [3.05, 3.63) is 42.0 Å². The highest BCUT2D eigenvalue weighted by Gasteiger charge is 2.23. The molecular formula is C12H14O2. The van der Waals surface area contributed by atoms with E-state index in [2.05, 4.69) is 18.2 Å². The molecule has 0 amide bonds. The Balaban J connectivity index is 2.31. The second-order valence-electron chi connectivity index (χ2n) is 3.98. The standard InChI is InChI=1S/C12H14O2/c1-12(2)8-11(9-13-14-12)10-6-4-3-5-7-10/h3-8H,9H2,1-2H3. The topological polar surface area (TPSA) is 18.5 Å². The lowest BCUT2D eigenvalue weighted by atomic mass is 9.99. The van der Waals surface area contributed by atoms with Gasteiger partial charge in [-0.15, -0.1) is 0 Å². The predicted octanol–water partition coefficient (Wildman–Crippen LogP) is 2.81. The van der Waals surface area contributed by atoms with Gasteiger partial charge in [-0.1, -0.05) is 30.3 Å². The van der Waals surface area contributed by atoms with E-state index in [0.717, 1.165) is 0 Å². The third-order valence-corrected chi connectivity index (χ3v) is 2.15. The fourth-order valence-electron chi connectivity index (χ4n) is 1.55. The first-order valence-corrected chi connectivity index (χ1v) is 4.75. The molecule has 0 aromatic heterocycles. The number of hydrogen-bond donors (Lipinski definition) is 0. The van der Waals surface area contributed by atoms with Gasteiger partial charge in [0.1, 0.15) is 12.2 Å². The molecule has 0 unspecified atom stereocenters. The number of benzene rings is 1. The molecule has 2 heteroatoms. The van der Waals surface area contributed by atoms with Crippen molar-refractivity contribution >= 4 is 5.57 Å². The van der Waals surface area contributed by atoms with Gasteiger partial charge in [0.2, 0.25) is 0 Å². The Labute approximate surface area is 84.1 Å². The molecule has 0 fully saturated rings. The molecule has 1 aromatic carbocycles. The summed E-state index contributed by atoms with van der Waals surface area (Å²) in [4.78, 5) is 10.2. The highest BCUT2D eigenvalue weighted by Crippen LogP contribution is 2.26. The Kier molecular flexibility index (Phi) is 2.40. The van der Waals surface area contributed by atoms with Crippen LogP contribution in [0.15, 0.2) is 36.4 Å². The van der Waals surface area contributed by atoms with Crippen LogP contribution in [0.25, 0.3) is 5.57 Å². The molecule has 0 aliphatic carbocycles. The van der Waals surface area contributed by atoms with E-state index >= 15 is 0 Å². The number of hydrogen-bond acceptors (Lipinski definition) is 2. The van der Waals surface area contributed by atoms with Gasteiger partial charge in [0.25, 0.3) is 0 Å². The van der Waals surface area contributed by atoms with E-state index in [0.29, 0.717) is 6.61 Å². The van der Waals surface area contributed by atoms with E-state index < -0.39 is 0 Å². The summed E-state index contributed by atoms with van der Waals surface area (Å²) in [5.74, 6) is 0. The molecule has 0 radical (unpaired) electrons. The Morgan fingerprint density at radius 2 is 1.86 bits per heavy atom. The van der Waals surface area contributed by atoms with Crippen molar-refractivity contribution < 1.29 is 9.78 Å². The highest BCUT2D eigenvalue weighted by atomic mass is 17.2. The quantitative estimate of drug-likeness (QED) is 0.634. The molecule has 1 aliphatic heterocycles. The van der Waals surface area contributed by atoms with Gasteiger partial charge >= 0.3 is 0 Å². The van der Waals surface area contributed by atoms with Gasteiger partial charge in [-0.05, 0) is 31.1 Å². The van der Waals surface area contributed by atoms with Crippen molar-refractivity contribution in [1.29, 1.82) is 0 Å². The van der Waals surface area contributed by atoms with Crippen molar-refractivity contribution in [2.45, 2.75) is 19.4 Å². The van der Waals surface area contributed by atoms with Crippen molar-refractivity contribution in [2.24, 2.45) is 0 Å². The van der Waals surface area contributed by atoms with Crippen LogP contribution < -0.4 is 0 Å². The summed E-state index contributed by atoms with van der Waals surface area (Å²) < 4.78 is 0. The van der Waals surface area contributed by atoms with E-state index in [1.165, 1.54) is 11.1 Å². The van der Waals surface area contributed by atoms with Gasteiger partial charge in [0.15, 0.2) is 0 Å². The Hall–Kier alpha value is -1.12. The van der Waals surface area contributed by atoms with Crippen molar-refractivity contribution in [1.82, 2.24) is 0 Å². The Morgan fingerprint density at radius 1 is 1.14 bits per heavy atom. The fourth-order valence-corrected chi connectivity index (χ4v) is 1.55. The summed E-state index contributed by atoms with van der Waals surface area (Å²) in [5, 5.41) is 0. The third-order valence-electron chi connectivity index (χ3n) is 2.15. The van der Waals surface area contributed by atoms with Gasteiger partial charge in [0, 0.05) is 0 Å². The van der Waals surface area contributed by atoms with Gasteiger partial charge in [0.05, 0.1) is 0 Å². The minimum atomic E-state index is -0.330. The lowest BCUT2D eigenvalue weighted by Crippen LogP contribution is -2.27. The van der Waals surface area contributed by atoms with E-state index in [-0.39, 0.29) is 5.60 Å². The minimum absolute atomic E-state index is 0.330. The van der Waals surface area contributed by atoms with Crippen molar-refractivity contribution in [2.75, 3.05) is 6.61 Å². The zero-order valence-corrected chi connectivity index (χ0v) is 8.49. The zero-order valence-electron chi connectivity index (χ0n) is 8.49. The maximum atomic E-state index is 5.14. The van der Waals surface area contributed by atoms with Crippen LogP contribution in [0.2, 0.25) is 0 Å². The molecule has 2 rings (SSSR count). The third kappa shape index (κ3) is 2.03. The second kappa shape index (κ2) is 3.56. The molecule has 1 aliphatic rings. The molecule has 2 nitrogen and oxygen atoms in total. The highest BCUT2D eigenvalue weighted by molar-refractivity contribution is 5.67. The molecular weight excluding hydrogens is 176 g/mol. The number of rotatable bonds is 1. The summed E-state index contributed by atoms with van der Waals surface area (Å²) in [7, 11) is 0. The molecule has 14 heavy (non-hydrogen) atoms. The largest absolute Gasteiger partial charge is 0.231 e. The SMILES string of the molecule is CC1(C)C=C(c2ccccc2)COO1. The fraction of sp³-hybridized carbons (Fsp3) is 0.333. The molecule has 0 atom stereocenters. The summed E-state index contributed by atoms with van der Waals surface area (Å²) in [6, 6.07) is 10.2. The van der Waals surface area contributed by atoms with E-state index in [1.807, 2.05) is 32.0 Å². The van der Waals surface area contributed by atoms with E-state index in [4.69, 9.17) is 9.78 Å². The van der Waals surface area contributed by atoms with Crippen molar-refractivity contribution in [3.63, 3.8) is 0 Å². The van der Waals surface area contributed by atoms with Crippen LogP contribution in [0.4, 0.5) is 0 Å². The average Bonchev–Trinajstić information content (AvgIpc) is 2.18.